The molecule has 0 spiro atoms. The van der Waals surface area contributed by atoms with Gasteiger partial charge in [0.1, 0.15) is 0 Å². The van der Waals surface area contributed by atoms with Crippen LogP contribution < -0.4 is 15.8 Å². The van der Waals surface area contributed by atoms with E-state index in [0.717, 1.165) is 12.3 Å². The summed E-state index contributed by atoms with van der Waals surface area (Å²) < 4.78 is 4.99. The van der Waals surface area contributed by atoms with Gasteiger partial charge in [0.05, 0.1) is 7.11 Å². The number of hydrogen-bond donors (Lipinski definition) is 2. The molecule has 1 fully saturated rings. The molecule has 1 aliphatic rings. The molecule has 0 amide bonds. The van der Waals surface area contributed by atoms with Crippen molar-refractivity contribution in [2.24, 2.45) is 11.8 Å². The van der Waals surface area contributed by atoms with Gasteiger partial charge in [0, 0.05) is 6.04 Å². The lowest BCUT2D eigenvalue weighted by Crippen LogP contribution is -2.26. The minimum Gasteiger partial charge on any atom is -0.467 e. The van der Waals surface area contributed by atoms with Gasteiger partial charge in [0.25, 0.3) is 0 Å². The molecule has 100 valence electrons. The van der Waals surface area contributed by atoms with E-state index in [0.29, 0.717) is 17.9 Å². The van der Waals surface area contributed by atoms with E-state index in [1.165, 1.54) is 20.0 Å². The lowest BCUT2D eigenvalue weighted by Gasteiger charge is -2.20. The summed E-state index contributed by atoms with van der Waals surface area (Å²) in [5, 5.41) is 3.35. The number of anilines is 2. The van der Waals surface area contributed by atoms with Crippen LogP contribution in [0.15, 0.2) is 0 Å². The summed E-state index contributed by atoms with van der Waals surface area (Å²) in [5.74, 6) is 2.09. The van der Waals surface area contributed by atoms with Crippen molar-refractivity contribution in [2.75, 3.05) is 18.2 Å². The lowest BCUT2D eigenvalue weighted by molar-refractivity contribution is 0.377. The van der Waals surface area contributed by atoms with Crippen LogP contribution in [0.25, 0.3) is 0 Å². The molecule has 3 N–H and O–H groups in total. The number of nitrogens with zero attached hydrogens (tertiary/aromatic N) is 3. The molecule has 0 radical (unpaired) electrons. The highest BCUT2D eigenvalue weighted by atomic mass is 16.5. The van der Waals surface area contributed by atoms with E-state index < -0.39 is 0 Å². The monoisotopic (exact) mass is 251 g/mol. The van der Waals surface area contributed by atoms with Crippen LogP contribution in [0.3, 0.4) is 0 Å². The van der Waals surface area contributed by atoms with Crippen molar-refractivity contribution in [3.63, 3.8) is 0 Å². The number of rotatable bonds is 4. The second-order valence-corrected chi connectivity index (χ2v) is 4.86. The zero-order chi connectivity index (χ0) is 13.1. The van der Waals surface area contributed by atoms with E-state index in [-0.39, 0.29) is 12.0 Å². The van der Waals surface area contributed by atoms with Crippen molar-refractivity contribution in [1.29, 1.82) is 0 Å². The summed E-state index contributed by atoms with van der Waals surface area (Å²) in [4.78, 5) is 12.1. The van der Waals surface area contributed by atoms with Crippen LogP contribution in [0.2, 0.25) is 0 Å². The van der Waals surface area contributed by atoms with Gasteiger partial charge in [0.15, 0.2) is 0 Å². The fourth-order valence-corrected chi connectivity index (χ4v) is 2.72. The van der Waals surface area contributed by atoms with Crippen molar-refractivity contribution in [2.45, 2.75) is 39.2 Å². The third-order valence-electron chi connectivity index (χ3n) is 3.88. The molecule has 18 heavy (non-hydrogen) atoms. The minimum absolute atomic E-state index is 0.182. The van der Waals surface area contributed by atoms with Crippen molar-refractivity contribution >= 4 is 11.9 Å². The highest BCUT2D eigenvalue weighted by Crippen LogP contribution is 2.35. The van der Waals surface area contributed by atoms with Crippen molar-refractivity contribution < 1.29 is 4.74 Å². The Morgan fingerprint density at radius 2 is 2.11 bits per heavy atom. The molecule has 0 aliphatic heterocycles. The first kappa shape index (κ1) is 12.9. The van der Waals surface area contributed by atoms with Gasteiger partial charge in [-0.05, 0) is 24.7 Å². The molecule has 1 aromatic heterocycles. The average molecular weight is 251 g/mol. The van der Waals surface area contributed by atoms with E-state index >= 15 is 0 Å². The molecule has 1 heterocycles. The van der Waals surface area contributed by atoms with Crippen LogP contribution in [-0.2, 0) is 0 Å². The second kappa shape index (κ2) is 5.37. The van der Waals surface area contributed by atoms with Gasteiger partial charge in [-0.2, -0.15) is 15.0 Å². The SMILES string of the molecule is CCC1CCC(Nc2nc(N)nc(OC)n2)C1C. The van der Waals surface area contributed by atoms with E-state index in [4.69, 9.17) is 10.5 Å². The fourth-order valence-electron chi connectivity index (χ4n) is 2.72. The quantitative estimate of drug-likeness (QED) is 0.847. The Bertz CT molecular complexity index is 411. The number of nitrogen functional groups attached to an aromatic ring is 1. The zero-order valence-corrected chi connectivity index (χ0v) is 11.2. The number of aromatic nitrogens is 3. The van der Waals surface area contributed by atoms with Crippen molar-refractivity contribution in [1.82, 2.24) is 15.0 Å². The van der Waals surface area contributed by atoms with Gasteiger partial charge in [0.2, 0.25) is 11.9 Å². The maximum atomic E-state index is 5.62. The molecule has 3 atom stereocenters. The lowest BCUT2D eigenvalue weighted by atomic mass is 9.94. The first-order valence-corrected chi connectivity index (χ1v) is 6.46. The van der Waals surface area contributed by atoms with Gasteiger partial charge < -0.3 is 15.8 Å². The van der Waals surface area contributed by atoms with Crippen molar-refractivity contribution in [3.8, 4) is 6.01 Å². The number of methoxy groups -OCH3 is 1. The molecule has 0 saturated heterocycles. The first-order valence-electron chi connectivity index (χ1n) is 6.46. The molecular formula is C12H21N5O. The van der Waals surface area contributed by atoms with Gasteiger partial charge in [-0.3, -0.25) is 0 Å². The van der Waals surface area contributed by atoms with Crippen LogP contribution in [-0.4, -0.2) is 28.1 Å². The standard InChI is InChI=1S/C12H21N5O/c1-4-8-5-6-9(7(8)2)14-11-15-10(13)16-12(17-11)18-3/h7-9H,4-6H2,1-3H3,(H3,13,14,15,16,17). The van der Waals surface area contributed by atoms with Crippen LogP contribution in [0, 0.1) is 11.8 Å². The number of ether oxygens (including phenoxy) is 1. The third-order valence-corrected chi connectivity index (χ3v) is 3.88. The summed E-state index contributed by atoms with van der Waals surface area (Å²) >= 11 is 0. The summed E-state index contributed by atoms with van der Waals surface area (Å²) in [6.07, 6.45) is 3.63. The topological polar surface area (TPSA) is 86.0 Å². The van der Waals surface area contributed by atoms with Crippen LogP contribution in [0.5, 0.6) is 6.01 Å². The largest absolute Gasteiger partial charge is 0.467 e. The van der Waals surface area contributed by atoms with Crippen LogP contribution >= 0.6 is 0 Å². The molecule has 1 aliphatic carbocycles. The molecule has 1 aromatic rings. The van der Waals surface area contributed by atoms with E-state index in [1.807, 2.05) is 0 Å². The predicted molar refractivity (Wildman–Crippen MR) is 70.4 cm³/mol. The summed E-state index contributed by atoms with van der Waals surface area (Å²) in [7, 11) is 1.52. The number of hydrogen-bond acceptors (Lipinski definition) is 6. The highest BCUT2D eigenvalue weighted by Gasteiger charge is 2.31. The molecule has 0 aromatic carbocycles. The molecule has 6 nitrogen and oxygen atoms in total. The third kappa shape index (κ3) is 2.63. The smallest absolute Gasteiger partial charge is 0.322 e. The molecule has 2 rings (SSSR count). The van der Waals surface area contributed by atoms with E-state index in [9.17, 15) is 0 Å². The normalized spacial score (nSPS) is 27.2. The Morgan fingerprint density at radius 1 is 1.33 bits per heavy atom. The van der Waals surface area contributed by atoms with E-state index in [2.05, 4.69) is 34.1 Å². The van der Waals surface area contributed by atoms with Crippen LogP contribution in [0.4, 0.5) is 11.9 Å². The molecule has 1 saturated carbocycles. The van der Waals surface area contributed by atoms with Gasteiger partial charge >= 0.3 is 6.01 Å². The Balaban J connectivity index is 2.08. The molecule has 6 heteroatoms. The summed E-state index contributed by atoms with van der Waals surface area (Å²) in [5.41, 5.74) is 5.62. The van der Waals surface area contributed by atoms with Gasteiger partial charge in [-0.1, -0.05) is 20.3 Å². The predicted octanol–water partition coefficient (Wildman–Crippen LogP) is 1.70. The zero-order valence-electron chi connectivity index (χ0n) is 11.2. The Labute approximate surface area is 107 Å². The average Bonchev–Trinajstić information content (AvgIpc) is 2.70. The van der Waals surface area contributed by atoms with Crippen molar-refractivity contribution in [3.05, 3.63) is 0 Å². The Hall–Kier alpha value is -1.59. The molecule has 0 bridgehead atoms. The van der Waals surface area contributed by atoms with E-state index in [1.54, 1.807) is 0 Å². The maximum Gasteiger partial charge on any atom is 0.322 e. The Morgan fingerprint density at radius 3 is 2.72 bits per heavy atom. The molecular weight excluding hydrogens is 230 g/mol. The minimum atomic E-state index is 0.182. The summed E-state index contributed by atoms with van der Waals surface area (Å²) in [6.45, 7) is 4.52. The Kier molecular flexibility index (Phi) is 3.84. The fraction of sp³-hybridized carbons (Fsp3) is 0.750. The van der Waals surface area contributed by atoms with Crippen LogP contribution in [0.1, 0.15) is 33.1 Å². The molecule has 3 unspecified atom stereocenters. The maximum absolute atomic E-state index is 5.62. The van der Waals surface area contributed by atoms with Gasteiger partial charge in [-0.15, -0.1) is 0 Å². The first-order chi connectivity index (χ1) is 8.63. The highest BCUT2D eigenvalue weighted by molar-refractivity contribution is 5.34. The van der Waals surface area contributed by atoms with Gasteiger partial charge in [-0.25, -0.2) is 0 Å². The second-order valence-electron chi connectivity index (χ2n) is 4.86. The summed E-state index contributed by atoms with van der Waals surface area (Å²) in [6, 6.07) is 0.657. The number of nitrogens with two attached hydrogens (primary N) is 1. The number of nitrogens with one attached hydrogen (secondary N) is 1.